The molecule has 0 radical (unpaired) electrons. The second-order valence-corrected chi connectivity index (χ2v) is 8.54. The molecule has 0 saturated heterocycles. The zero-order chi connectivity index (χ0) is 22.3. The number of alkyl halides is 6. The first-order chi connectivity index (χ1) is 13.8. The van der Waals surface area contributed by atoms with E-state index in [-0.39, 0.29) is 24.6 Å². The summed E-state index contributed by atoms with van der Waals surface area (Å²) in [6.07, 6.45) is -8.43. The van der Waals surface area contributed by atoms with Crippen LogP contribution in [0.3, 0.4) is 0 Å². The van der Waals surface area contributed by atoms with Gasteiger partial charge in [-0.3, -0.25) is 0 Å². The van der Waals surface area contributed by atoms with Crippen LogP contribution in [0.2, 0.25) is 0 Å². The van der Waals surface area contributed by atoms with Crippen molar-refractivity contribution in [3.05, 3.63) is 65.4 Å². The summed E-state index contributed by atoms with van der Waals surface area (Å²) < 4.78 is 105. The average Bonchev–Trinajstić information content (AvgIpc) is 3.02. The molecule has 0 bridgehead atoms. The first-order valence-electron chi connectivity index (χ1n) is 8.64. The molecule has 11 heteroatoms. The fraction of sp³-hybridized carbons (Fsp3) is 0.263. The number of sulfonamides is 1. The van der Waals surface area contributed by atoms with E-state index in [0.29, 0.717) is 0 Å². The second-order valence-electron chi connectivity index (χ2n) is 6.83. The predicted molar refractivity (Wildman–Crippen MR) is 98.2 cm³/mol. The third-order valence-electron chi connectivity index (χ3n) is 4.43. The number of halogens is 6. The van der Waals surface area contributed by atoms with Crippen LogP contribution in [0.25, 0.3) is 10.9 Å². The van der Waals surface area contributed by atoms with Gasteiger partial charge in [-0.25, -0.2) is 13.1 Å². The minimum atomic E-state index is -5.14. The first-order valence-corrected chi connectivity index (χ1v) is 10.1. The molecule has 0 fully saturated rings. The van der Waals surface area contributed by atoms with E-state index in [4.69, 9.17) is 0 Å². The van der Waals surface area contributed by atoms with Gasteiger partial charge in [0.1, 0.15) is 0 Å². The lowest BCUT2D eigenvalue weighted by atomic mass is 10.1. The molecule has 0 aliphatic heterocycles. The number of hydrogen-bond donors (Lipinski definition) is 2. The Hall–Kier alpha value is -2.53. The SMILES string of the molecule is CC(Cc1c[nH]c2ccccc12)NS(=O)(=O)c1cc(C(F)(F)F)cc(C(F)(F)F)c1. The Bertz CT molecular complexity index is 1130. The van der Waals surface area contributed by atoms with Crippen LogP contribution in [0.4, 0.5) is 26.3 Å². The molecule has 0 aliphatic rings. The van der Waals surface area contributed by atoms with Crippen molar-refractivity contribution in [3.63, 3.8) is 0 Å². The Kier molecular flexibility index (Phi) is 5.63. The van der Waals surface area contributed by atoms with Crippen LogP contribution >= 0.6 is 0 Å². The van der Waals surface area contributed by atoms with Crippen molar-refractivity contribution in [1.29, 1.82) is 0 Å². The Morgan fingerprint density at radius 1 is 0.967 bits per heavy atom. The number of nitrogens with one attached hydrogen (secondary N) is 2. The highest BCUT2D eigenvalue weighted by atomic mass is 32.2. The number of benzene rings is 2. The van der Waals surface area contributed by atoms with Crippen molar-refractivity contribution in [1.82, 2.24) is 9.71 Å². The molecule has 0 spiro atoms. The maximum Gasteiger partial charge on any atom is 0.416 e. The molecule has 0 aliphatic carbocycles. The Morgan fingerprint density at radius 3 is 2.10 bits per heavy atom. The van der Waals surface area contributed by atoms with E-state index in [9.17, 15) is 34.8 Å². The molecule has 1 atom stereocenters. The highest BCUT2D eigenvalue weighted by Gasteiger charge is 2.38. The maximum atomic E-state index is 13.0. The molecular formula is C19H16F6N2O2S. The topological polar surface area (TPSA) is 62.0 Å². The van der Waals surface area contributed by atoms with Gasteiger partial charge in [-0.1, -0.05) is 18.2 Å². The lowest BCUT2D eigenvalue weighted by Crippen LogP contribution is -2.34. The number of rotatable bonds is 5. The molecule has 3 rings (SSSR count). The van der Waals surface area contributed by atoms with Gasteiger partial charge < -0.3 is 4.98 Å². The Balaban J connectivity index is 1.90. The van der Waals surface area contributed by atoms with E-state index in [1.54, 1.807) is 18.3 Å². The van der Waals surface area contributed by atoms with E-state index in [0.717, 1.165) is 16.5 Å². The summed E-state index contributed by atoms with van der Waals surface area (Å²) in [6, 6.07) is 6.69. The highest BCUT2D eigenvalue weighted by Crippen LogP contribution is 2.37. The molecular weight excluding hydrogens is 434 g/mol. The van der Waals surface area contributed by atoms with Gasteiger partial charge in [0.25, 0.3) is 0 Å². The van der Waals surface area contributed by atoms with Gasteiger partial charge in [0.05, 0.1) is 16.0 Å². The molecule has 2 N–H and O–H groups in total. The number of fused-ring (bicyclic) bond motifs is 1. The minimum Gasteiger partial charge on any atom is -0.361 e. The summed E-state index contributed by atoms with van der Waals surface area (Å²) in [5, 5.41) is 0.835. The number of aromatic nitrogens is 1. The summed E-state index contributed by atoms with van der Waals surface area (Å²) in [4.78, 5) is 1.91. The van der Waals surface area contributed by atoms with Gasteiger partial charge >= 0.3 is 12.4 Å². The van der Waals surface area contributed by atoms with E-state index in [2.05, 4.69) is 9.71 Å². The van der Waals surface area contributed by atoms with Crippen molar-refractivity contribution < 1.29 is 34.8 Å². The minimum absolute atomic E-state index is 0.117. The fourth-order valence-corrected chi connectivity index (χ4v) is 4.40. The Morgan fingerprint density at radius 2 is 1.53 bits per heavy atom. The average molecular weight is 450 g/mol. The van der Waals surface area contributed by atoms with E-state index in [1.165, 1.54) is 6.92 Å². The van der Waals surface area contributed by atoms with Crippen LogP contribution in [-0.2, 0) is 28.8 Å². The third-order valence-corrected chi connectivity index (χ3v) is 6.00. The summed E-state index contributed by atoms with van der Waals surface area (Å²) in [7, 11) is -4.64. The fourth-order valence-electron chi connectivity index (χ4n) is 3.09. The normalized spacial score (nSPS) is 14.2. The molecule has 4 nitrogen and oxygen atoms in total. The summed E-state index contributed by atoms with van der Waals surface area (Å²) in [5.74, 6) is 0. The molecule has 30 heavy (non-hydrogen) atoms. The standard InChI is InChI=1S/C19H16F6N2O2S/c1-11(6-12-10-26-17-5-3-2-4-16(12)17)27-30(28,29)15-8-13(18(20,21)22)7-14(9-15)19(23,24)25/h2-5,7-11,26-27H,6H2,1H3. The van der Waals surface area contributed by atoms with Crippen LogP contribution in [0.15, 0.2) is 53.6 Å². The molecule has 3 aromatic rings. The van der Waals surface area contributed by atoms with Crippen LogP contribution in [-0.4, -0.2) is 19.4 Å². The molecule has 1 heterocycles. The number of para-hydroxylation sites is 1. The molecule has 0 saturated carbocycles. The maximum absolute atomic E-state index is 13.0. The lowest BCUT2D eigenvalue weighted by Gasteiger charge is -2.17. The molecule has 1 aromatic heterocycles. The van der Waals surface area contributed by atoms with E-state index in [1.807, 2.05) is 12.1 Å². The number of H-pyrrole nitrogens is 1. The largest absolute Gasteiger partial charge is 0.416 e. The van der Waals surface area contributed by atoms with Crippen molar-refractivity contribution in [3.8, 4) is 0 Å². The van der Waals surface area contributed by atoms with Crippen molar-refractivity contribution >= 4 is 20.9 Å². The first kappa shape index (κ1) is 22.2. The smallest absolute Gasteiger partial charge is 0.361 e. The van der Waals surface area contributed by atoms with Gasteiger partial charge in [0.15, 0.2) is 0 Å². The van der Waals surface area contributed by atoms with Gasteiger partial charge in [-0.05, 0) is 43.2 Å². The van der Waals surface area contributed by atoms with Gasteiger partial charge in [0.2, 0.25) is 10.0 Å². The predicted octanol–water partition coefficient (Wildman–Crippen LogP) is 5.12. The third kappa shape index (κ3) is 4.78. The van der Waals surface area contributed by atoms with Crippen LogP contribution < -0.4 is 4.72 Å². The van der Waals surface area contributed by atoms with E-state index < -0.39 is 44.4 Å². The molecule has 0 amide bonds. The zero-order valence-electron chi connectivity index (χ0n) is 15.4. The molecule has 1 unspecified atom stereocenters. The van der Waals surface area contributed by atoms with Crippen LogP contribution in [0, 0.1) is 0 Å². The quantitative estimate of drug-likeness (QED) is 0.531. The summed E-state index contributed by atoms with van der Waals surface area (Å²) >= 11 is 0. The van der Waals surface area contributed by atoms with Crippen molar-refractivity contribution in [2.24, 2.45) is 0 Å². The van der Waals surface area contributed by atoms with E-state index >= 15 is 0 Å². The highest BCUT2D eigenvalue weighted by molar-refractivity contribution is 7.89. The number of hydrogen-bond acceptors (Lipinski definition) is 2. The van der Waals surface area contributed by atoms with Gasteiger partial charge in [-0.2, -0.15) is 26.3 Å². The van der Waals surface area contributed by atoms with Crippen molar-refractivity contribution in [2.75, 3.05) is 0 Å². The zero-order valence-corrected chi connectivity index (χ0v) is 16.2. The molecule has 162 valence electrons. The summed E-state index contributed by atoms with van der Waals surface area (Å²) in [6.45, 7) is 1.47. The van der Waals surface area contributed by atoms with Gasteiger partial charge in [0, 0.05) is 23.1 Å². The Labute approximate surface area is 168 Å². The molecule has 2 aromatic carbocycles. The second kappa shape index (κ2) is 7.62. The van der Waals surface area contributed by atoms with Crippen LogP contribution in [0.5, 0.6) is 0 Å². The van der Waals surface area contributed by atoms with Crippen LogP contribution in [0.1, 0.15) is 23.6 Å². The van der Waals surface area contributed by atoms with Gasteiger partial charge in [-0.15, -0.1) is 0 Å². The monoisotopic (exact) mass is 450 g/mol. The summed E-state index contributed by atoms with van der Waals surface area (Å²) in [5.41, 5.74) is -1.82. The van der Waals surface area contributed by atoms with Crippen molar-refractivity contribution in [2.45, 2.75) is 36.6 Å². The number of aromatic amines is 1. The lowest BCUT2D eigenvalue weighted by molar-refractivity contribution is -0.143.